The molecule has 1 saturated heterocycles. The average molecular weight is 272 g/mol. The van der Waals surface area contributed by atoms with Gasteiger partial charge in [-0.25, -0.2) is 13.2 Å². The summed E-state index contributed by atoms with van der Waals surface area (Å²) in [5, 5.41) is 0. The first-order chi connectivity index (χ1) is 9.11. The zero-order valence-corrected chi connectivity index (χ0v) is 10.8. The molecule has 0 bridgehead atoms. The van der Waals surface area contributed by atoms with Crippen molar-refractivity contribution in [3.05, 3.63) is 35.1 Å². The summed E-state index contributed by atoms with van der Waals surface area (Å²) in [6, 6.07) is 1.89. The summed E-state index contributed by atoms with van der Waals surface area (Å²) in [4.78, 5) is 2.12. The van der Waals surface area contributed by atoms with Gasteiger partial charge in [-0.3, -0.25) is 4.90 Å². The van der Waals surface area contributed by atoms with Gasteiger partial charge in [0.15, 0.2) is 11.6 Å². The predicted molar refractivity (Wildman–Crippen MR) is 68.0 cm³/mol. The molecule has 0 saturated carbocycles. The monoisotopic (exact) mass is 272 g/mol. The summed E-state index contributed by atoms with van der Waals surface area (Å²) in [7, 11) is 0. The molecule has 2 rings (SSSR count). The van der Waals surface area contributed by atoms with Gasteiger partial charge in [-0.1, -0.05) is 6.42 Å². The number of rotatable bonds is 4. The fourth-order valence-corrected chi connectivity index (χ4v) is 2.69. The van der Waals surface area contributed by atoms with E-state index in [1.807, 2.05) is 0 Å². The molecule has 1 fully saturated rings. The van der Waals surface area contributed by atoms with Crippen molar-refractivity contribution in [2.24, 2.45) is 5.73 Å². The molecule has 5 heteroatoms. The Morgan fingerprint density at radius 2 is 1.84 bits per heavy atom. The first-order valence-electron chi connectivity index (χ1n) is 6.69. The van der Waals surface area contributed by atoms with Crippen LogP contribution in [0.25, 0.3) is 0 Å². The normalized spacial score (nSPS) is 20.7. The number of piperidine rings is 1. The highest BCUT2D eigenvalue weighted by Crippen LogP contribution is 2.23. The van der Waals surface area contributed by atoms with Gasteiger partial charge in [0.1, 0.15) is 5.82 Å². The lowest BCUT2D eigenvalue weighted by atomic mass is 9.98. The van der Waals surface area contributed by atoms with E-state index >= 15 is 0 Å². The van der Waals surface area contributed by atoms with Crippen molar-refractivity contribution < 1.29 is 13.2 Å². The summed E-state index contributed by atoms with van der Waals surface area (Å²) >= 11 is 0. The average Bonchev–Trinajstić information content (AvgIpc) is 2.38. The molecule has 1 aliphatic rings. The Morgan fingerprint density at radius 1 is 1.11 bits per heavy atom. The minimum absolute atomic E-state index is 0.211. The van der Waals surface area contributed by atoms with E-state index < -0.39 is 17.5 Å². The van der Waals surface area contributed by atoms with Crippen molar-refractivity contribution in [1.82, 2.24) is 4.90 Å². The van der Waals surface area contributed by atoms with Crippen molar-refractivity contribution in [1.29, 1.82) is 0 Å². The SMILES string of the molecule is NCCC1CCCCN1Cc1cc(F)c(F)cc1F. The summed E-state index contributed by atoms with van der Waals surface area (Å²) in [5.41, 5.74) is 5.79. The van der Waals surface area contributed by atoms with E-state index in [2.05, 4.69) is 4.90 Å². The molecular weight excluding hydrogens is 253 g/mol. The third kappa shape index (κ3) is 3.48. The number of hydrogen-bond donors (Lipinski definition) is 1. The van der Waals surface area contributed by atoms with Gasteiger partial charge >= 0.3 is 0 Å². The number of likely N-dealkylation sites (tertiary alicyclic amines) is 1. The van der Waals surface area contributed by atoms with Crippen LogP contribution in [-0.2, 0) is 6.54 Å². The Labute approximate surface area is 111 Å². The Balaban J connectivity index is 2.12. The van der Waals surface area contributed by atoms with Crippen molar-refractivity contribution >= 4 is 0 Å². The lowest BCUT2D eigenvalue weighted by Gasteiger charge is -2.35. The Bertz CT molecular complexity index is 435. The molecule has 0 aromatic heterocycles. The van der Waals surface area contributed by atoms with E-state index in [9.17, 15) is 13.2 Å². The third-order valence-corrected chi connectivity index (χ3v) is 3.71. The van der Waals surface area contributed by atoms with Gasteiger partial charge in [-0.05, 0) is 38.4 Å². The highest BCUT2D eigenvalue weighted by atomic mass is 19.2. The molecule has 2 nitrogen and oxygen atoms in total. The Hall–Kier alpha value is -1.07. The van der Waals surface area contributed by atoms with Crippen molar-refractivity contribution in [2.45, 2.75) is 38.3 Å². The minimum atomic E-state index is -1.14. The van der Waals surface area contributed by atoms with Gasteiger partial charge in [-0.15, -0.1) is 0 Å². The molecule has 1 heterocycles. The lowest BCUT2D eigenvalue weighted by Crippen LogP contribution is -2.40. The molecule has 0 spiro atoms. The minimum Gasteiger partial charge on any atom is -0.330 e. The van der Waals surface area contributed by atoms with E-state index in [1.54, 1.807) is 0 Å². The molecule has 19 heavy (non-hydrogen) atoms. The van der Waals surface area contributed by atoms with Gasteiger partial charge in [-0.2, -0.15) is 0 Å². The topological polar surface area (TPSA) is 29.3 Å². The molecule has 1 aliphatic heterocycles. The first kappa shape index (κ1) is 14.3. The Morgan fingerprint density at radius 3 is 2.58 bits per heavy atom. The molecular formula is C14H19F3N2. The molecule has 1 atom stereocenters. The van der Waals surface area contributed by atoms with Gasteiger partial charge < -0.3 is 5.73 Å². The summed E-state index contributed by atoms with van der Waals surface area (Å²) in [6.07, 6.45) is 4.07. The van der Waals surface area contributed by atoms with Gasteiger partial charge in [0, 0.05) is 24.2 Å². The van der Waals surface area contributed by atoms with Crippen LogP contribution in [0, 0.1) is 17.5 Å². The number of halogens is 3. The molecule has 0 radical (unpaired) electrons. The highest BCUT2D eigenvalue weighted by molar-refractivity contribution is 5.20. The molecule has 2 N–H and O–H groups in total. The summed E-state index contributed by atoms with van der Waals surface area (Å²) in [6.45, 7) is 1.75. The molecule has 106 valence electrons. The van der Waals surface area contributed by atoms with Crippen LogP contribution in [0.2, 0.25) is 0 Å². The van der Waals surface area contributed by atoms with E-state index in [1.165, 1.54) is 0 Å². The largest absolute Gasteiger partial charge is 0.330 e. The number of benzene rings is 1. The van der Waals surface area contributed by atoms with E-state index in [-0.39, 0.29) is 5.56 Å². The quantitative estimate of drug-likeness (QED) is 0.854. The van der Waals surface area contributed by atoms with Crippen LogP contribution in [0.3, 0.4) is 0 Å². The number of hydrogen-bond acceptors (Lipinski definition) is 2. The fourth-order valence-electron chi connectivity index (χ4n) is 2.69. The second kappa shape index (κ2) is 6.39. The van der Waals surface area contributed by atoms with Crippen LogP contribution < -0.4 is 5.73 Å². The van der Waals surface area contributed by atoms with Gasteiger partial charge in [0.05, 0.1) is 0 Å². The van der Waals surface area contributed by atoms with Crippen LogP contribution in [0.15, 0.2) is 12.1 Å². The smallest absolute Gasteiger partial charge is 0.161 e. The molecule has 0 aliphatic carbocycles. The van der Waals surface area contributed by atoms with E-state index in [4.69, 9.17) is 5.73 Å². The van der Waals surface area contributed by atoms with Crippen LogP contribution in [-0.4, -0.2) is 24.0 Å². The molecule has 1 unspecified atom stereocenters. The van der Waals surface area contributed by atoms with Crippen molar-refractivity contribution in [3.8, 4) is 0 Å². The maximum Gasteiger partial charge on any atom is 0.161 e. The second-order valence-corrected chi connectivity index (χ2v) is 5.06. The Kier molecular flexibility index (Phi) is 4.82. The second-order valence-electron chi connectivity index (χ2n) is 5.06. The van der Waals surface area contributed by atoms with Crippen molar-refractivity contribution in [2.75, 3.05) is 13.1 Å². The van der Waals surface area contributed by atoms with Gasteiger partial charge in [0.2, 0.25) is 0 Å². The van der Waals surface area contributed by atoms with Crippen molar-refractivity contribution in [3.63, 3.8) is 0 Å². The zero-order chi connectivity index (χ0) is 13.8. The predicted octanol–water partition coefficient (Wildman–Crippen LogP) is 2.81. The number of nitrogens with two attached hydrogens (primary N) is 1. The molecule has 0 amide bonds. The fraction of sp³-hybridized carbons (Fsp3) is 0.571. The van der Waals surface area contributed by atoms with Crippen LogP contribution in [0.4, 0.5) is 13.2 Å². The lowest BCUT2D eigenvalue weighted by molar-refractivity contribution is 0.132. The van der Waals surface area contributed by atoms with Crippen LogP contribution in [0.1, 0.15) is 31.2 Å². The first-order valence-corrected chi connectivity index (χ1v) is 6.69. The maximum absolute atomic E-state index is 13.6. The third-order valence-electron chi connectivity index (χ3n) is 3.71. The van der Waals surface area contributed by atoms with E-state index in [0.717, 1.165) is 38.3 Å². The molecule has 1 aromatic rings. The number of nitrogens with zero attached hydrogens (tertiary/aromatic N) is 1. The maximum atomic E-state index is 13.6. The zero-order valence-electron chi connectivity index (χ0n) is 10.8. The highest BCUT2D eigenvalue weighted by Gasteiger charge is 2.23. The van der Waals surface area contributed by atoms with Gasteiger partial charge in [0.25, 0.3) is 0 Å². The van der Waals surface area contributed by atoms with Crippen LogP contribution in [0.5, 0.6) is 0 Å². The molecule has 1 aromatic carbocycles. The van der Waals surface area contributed by atoms with Crippen LogP contribution >= 0.6 is 0 Å². The van der Waals surface area contributed by atoms with E-state index in [0.29, 0.717) is 25.2 Å². The summed E-state index contributed by atoms with van der Waals surface area (Å²) < 4.78 is 39.7. The standard InChI is InChI=1S/C14H19F3N2/c15-12-8-14(17)13(16)7-10(12)9-19-6-2-1-3-11(19)4-5-18/h7-8,11H,1-6,9,18H2. The summed E-state index contributed by atoms with van der Waals surface area (Å²) in [5.74, 6) is -2.82.